The monoisotopic (exact) mass is 394 g/mol. The molecule has 0 spiro atoms. The van der Waals surface area contributed by atoms with Gasteiger partial charge >= 0.3 is 0 Å². The van der Waals surface area contributed by atoms with Crippen LogP contribution < -0.4 is 15.4 Å². The highest BCUT2D eigenvalue weighted by atomic mass is 35.5. The Morgan fingerprint density at radius 3 is 2.29 bits per heavy atom. The molecular weight excluding hydrogens is 376 g/mol. The summed E-state index contributed by atoms with van der Waals surface area (Å²) >= 11 is 5.81. The van der Waals surface area contributed by atoms with E-state index in [9.17, 15) is 9.59 Å². The number of carbonyl (C=O) groups is 2. The maximum absolute atomic E-state index is 12.3. The van der Waals surface area contributed by atoms with E-state index in [2.05, 4.69) is 10.6 Å². The van der Waals surface area contributed by atoms with Gasteiger partial charge in [0.2, 0.25) is 0 Å². The fraction of sp³-hybridized carbons (Fsp3) is 0.0909. The van der Waals surface area contributed by atoms with Crippen LogP contribution in [0.4, 0.5) is 11.4 Å². The summed E-state index contributed by atoms with van der Waals surface area (Å²) in [6.07, 6.45) is 0. The summed E-state index contributed by atoms with van der Waals surface area (Å²) in [7, 11) is 0. The second-order valence-corrected chi connectivity index (χ2v) is 6.63. The molecule has 3 aromatic rings. The largest absolute Gasteiger partial charge is 0.484 e. The molecule has 0 unspecified atom stereocenters. The highest BCUT2D eigenvalue weighted by molar-refractivity contribution is 6.30. The Bertz CT molecular complexity index is 970. The average Bonchev–Trinajstić information content (AvgIpc) is 2.68. The summed E-state index contributed by atoms with van der Waals surface area (Å²) < 4.78 is 5.40. The first-order chi connectivity index (χ1) is 13.5. The van der Waals surface area contributed by atoms with Crippen LogP contribution >= 0.6 is 11.6 Å². The van der Waals surface area contributed by atoms with Crippen molar-refractivity contribution < 1.29 is 14.3 Å². The van der Waals surface area contributed by atoms with E-state index in [0.29, 0.717) is 22.0 Å². The van der Waals surface area contributed by atoms with E-state index in [1.807, 2.05) is 31.2 Å². The summed E-state index contributed by atoms with van der Waals surface area (Å²) in [5.74, 6) is 0.0455. The predicted octanol–water partition coefficient (Wildman–Crippen LogP) is 4.92. The summed E-state index contributed by atoms with van der Waals surface area (Å²) in [6, 6.07) is 21.0. The first-order valence-electron chi connectivity index (χ1n) is 8.66. The van der Waals surface area contributed by atoms with Crippen molar-refractivity contribution in [3.05, 3.63) is 88.9 Å². The predicted molar refractivity (Wildman–Crippen MR) is 111 cm³/mol. The van der Waals surface area contributed by atoms with Crippen molar-refractivity contribution in [2.75, 3.05) is 17.2 Å². The molecule has 5 nitrogen and oxygen atoms in total. The fourth-order valence-corrected chi connectivity index (χ4v) is 2.63. The number of rotatable bonds is 6. The van der Waals surface area contributed by atoms with Gasteiger partial charge in [-0.1, -0.05) is 23.7 Å². The lowest BCUT2D eigenvalue weighted by molar-refractivity contribution is -0.118. The molecule has 0 fully saturated rings. The van der Waals surface area contributed by atoms with Crippen molar-refractivity contribution >= 4 is 34.8 Å². The number of carbonyl (C=O) groups excluding carboxylic acids is 2. The average molecular weight is 395 g/mol. The maximum Gasteiger partial charge on any atom is 0.262 e. The van der Waals surface area contributed by atoms with Crippen LogP contribution in [-0.4, -0.2) is 18.4 Å². The Balaban J connectivity index is 1.52. The zero-order chi connectivity index (χ0) is 19.9. The third-order valence-electron chi connectivity index (χ3n) is 3.89. The highest BCUT2D eigenvalue weighted by Gasteiger charge is 2.08. The molecule has 142 valence electrons. The molecule has 2 amide bonds. The van der Waals surface area contributed by atoms with Crippen LogP contribution in [0.15, 0.2) is 72.8 Å². The lowest BCUT2D eigenvalue weighted by Gasteiger charge is -2.09. The first kappa shape index (κ1) is 19.5. The number of hydrogen-bond donors (Lipinski definition) is 2. The van der Waals surface area contributed by atoms with E-state index in [-0.39, 0.29) is 18.4 Å². The Kier molecular flexibility index (Phi) is 6.29. The number of aryl methyl sites for hydroxylation is 1. The van der Waals surface area contributed by atoms with Crippen LogP contribution in [0.1, 0.15) is 15.9 Å². The van der Waals surface area contributed by atoms with Gasteiger partial charge in [0.25, 0.3) is 11.8 Å². The number of anilines is 2. The molecule has 0 aliphatic heterocycles. The van der Waals surface area contributed by atoms with Gasteiger partial charge in [0.15, 0.2) is 6.61 Å². The zero-order valence-corrected chi connectivity index (χ0v) is 16.0. The van der Waals surface area contributed by atoms with Gasteiger partial charge < -0.3 is 15.4 Å². The SMILES string of the molecule is Cc1cccc(NC(=O)c2ccc(NC(=O)COc3ccc(Cl)cc3)cc2)c1. The number of ether oxygens (including phenoxy) is 1. The van der Waals surface area contributed by atoms with E-state index in [4.69, 9.17) is 16.3 Å². The Morgan fingerprint density at radius 2 is 1.61 bits per heavy atom. The van der Waals surface area contributed by atoms with Gasteiger partial charge in [-0.05, 0) is 73.2 Å². The standard InChI is InChI=1S/C22H19ClN2O3/c1-15-3-2-4-19(13-15)25-22(27)16-5-9-18(10-6-16)24-21(26)14-28-20-11-7-17(23)8-12-20/h2-13H,14H2,1H3,(H,24,26)(H,25,27). The molecular formula is C22H19ClN2O3. The van der Waals surface area contributed by atoms with Crippen molar-refractivity contribution in [3.63, 3.8) is 0 Å². The molecule has 3 aromatic carbocycles. The molecule has 0 aliphatic carbocycles. The molecule has 2 N–H and O–H groups in total. The lowest BCUT2D eigenvalue weighted by atomic mass is 10.1. The minimum Gasteiger partial charge on any atom is -0.484 e. The van der Waals surface area contributed by atoms with Gasteiger partial charge in [-0.2, -0.15) is 0 Å². The third kappa shape index (κ3) is 5.59. The molecule has 0 aliphatic rings. The van der Waals surface area contributed by atoms with Crippen LogP contribution in [0.2, 0.25) is 5.02 Å². The van der Waals surface area contributed by atoms with Gasteiger partial charge in [-0.3, -0.25) is 9.59 Å². The molecule has 28 heavy (non-hydrogen) atoms. The smallest absolute Gasteiger partial charge is 0.262 e. The molecule has 0 saturated carbocycles. The minimum absolute atomic E-state index is 0.128. The van der Waals surface area contributed by atoms with Crippen LogP contribution in [0.5, 0.6) is 5.75 Å². The van der Waals surface area contributed by atoms with Crippen molar-refractivity contribution in [2.24, 2.45) is 0 Å². The summed E-state index contributed by atoms with van der Waals surface area (Å²) in [6.45, 7) is 1.83. The Labute approximate surface area is 168 Å². The van der Waals surface area contributed by atoms with Gasteiger partial charge in [0.05, 0.1) is 0 Å². The minimum atomic E-state index is -0.299. The highest BCUT2D eigenvalue weighted by Crippen LogP contribution is 2.16. The van der Waals surface area contributed by atoms with Crippen LogP contribution in [0.25, 0.3) is 0 Å². The zero-order valence-electron chi connectivity index (χ0n) is 15.2. The van der Waals surface area contributed by atoms with Gasteiger partial charge in [-0.25, -0.2) is 0 Å². The molecule has 0 atom stereocenters. The van der Waals surface area contributed by atoms with Crippen LogP contribution in [0, 0.1) is 6.92 Å². The van der Waals surface area contributed by atoms with Crippen LogP contribution in [-0.2, 0) is 4.79 Å². The van der Waals surface area contributed by atoms with Crippen molar-refractivity contribution in [3.8, 4) is 5.75 Å². The van der Waals surface area contributed by atoms with Crippen molar-refractivity contribution in [1.82, 2.24) is 0 Å². The van der Waals surface area contributed by atoms with E-state index >= 15 is 0 Å². The quantitative estimate of drug-likeness (QED) is 0.623. The van der Waals surface area contributed by atoms with E-state index in [1.165, 1.54) is 0 Å². The number of nitrogens with one attached hydrogen (secondary N) is 2. The summed E-state index contributed by atoms with van der Waals surface area (Å²) in [5, 5.41) is 6.17. The van der Waals surface area contributed by atoms with Gasteiger partial charge in [-0.15, -0.1) is 0 Å². The number of amides is 2. The Morgan fingerprint density at radius 1 is 0.893 bits per heavy atom. The lowest BCUT2D eigenvalue weighted by Crippen LogP contribution is -2.20. The third-order valence-corrected chi connectivity index (χ3v) is 4.14. The second kappa shape index (κ2) is 9.06. The number of hydrogen-bond acceptors (Lipinski definition) is 3. The summed E-state index contributed by atoms with van der Waals surface area (Å²) in [4.78, 5) is 24.3. The molecule has 6 heteroatoms. The van der Waals surface area contributed by atoms with Gasteiger partial charge in [0, 0.05) is 22.0 Å². The van der Waals surface area contributed by atoms with E-state index in [1.54, 1.807) is 48.5 Å². The van der Waals surface area contributed by atoms with Crippen molar-refractivity contribution in [1.29, 1.82) is 0 Å². The second-order valence-electron chi connectivity index (χ2n) is 6.19. The van der Waals surface area contributed by atoms with Crippen LogP contribution in [0.3, 0.4) is 0 Å². The number of halogens is 1. The molecule has 0 aromatic heterocycles. The fourth-order valence-electron chi connectivity index (χ4n) is 2.51. The topological polar surface area (TPSA) is 67.4 Å². The Hall–Kier alpha value is -3.31. The summed E-state index contributed by atoms with van der Waals surface area (Å²) in [5.41, 5.74) is 2.88. The molecule has 0 bridgehead atoms. The maximum atomic E-state index is 12.3. The molecule has 0 heterocycles. The van der Waals surface area contributed by atoms with Gasteiger partial charge in [0.1, 0.15) is 5.75 Å². The van der Waals surface area contributed by atoms with E-state index < -0.39 is 0 Å². The molecule has 0 radical (unpaired) electrons. The molecule has 3 rings (SSSR count). The number of benzene rings is 3. The normalized spacial score (nSPS) is 10.2. The molecule has 0 saturated heterocycles. The van der Waals surface area contributed by atoms with E-state index in [0.717, 1.165) is 11.3 Å². The first-order valence-corrected chi connectivity index (χ1v) is 9.04. The van der Waals surface area contributed by atoms with Crippen molar-refractivity contribution in [2.45, 2.75) is 6.92 Å².